The molecule has 2 aromatic rings. The van der Waals surface area contributed by atoms with E-state index in [9.17, 15) is 13.6 Å². The van der Waals surface area contributed by atoms with Gasteiger partial charge in [0.25, 0.3) is 5.92 Å². The highest BCUT2D eigenvalue weighted by Crippen LogP contribution is 2.31. The number of hydrogen-bond donors (Lipinski definition) is 1. The number of carbonyl (C=O) groups excluding carboxylic acids is 1. The van der Waals surface area contributed by atoms with Crippen LogP contribution in [0, 0.1) is 6.92 Å². The average Bonchev–Trinajstić information content (AvgIpc) is 2.88. The van der Waals surface area contributed by atoms with Crippen molar-refractivity contribution in [3.8, 4) is 0 Å². The summed E-state index contributed by atoms with van der Waals surface area (Å²) >= 11 is 0. The second kappa shape index (κ2) is 11.9. The van der Waals surface area contributed by atoms with Crippen molar-refractivity contribution in [2.24, 2.45) is 5.10 Å². The highest BCUT2D eigenvalue weighted by atomic mass is 19.3. The van der Waals surface area contributed by atoms with E-state index in [0.29, 0.717) is 28.4 Å². The molecule has 0 aliphatic carbocycles. The Morgan fingerprint density at radius 1 is 1.25 bits per heavy atom. The zero-order chi connectivity index (χ0) is 26.3. The van der Waals surface area contributed by atoms with Gasteiger partial charge in [-0.2, -0.15) is 13.9 Å². The molecule has 7 nitrogen and oxygen atoms in total. The summed E-state index contributed by atoms with van der Waals surface area (Å²) in [7, 11) is 3.63. The van der Waals surface area contributed by atoms with Crippen molar-refractivity contribution in [3.63, 3.8) is 0 Å². The first-order valence-electron chi connectivity index (χ1n) is 12.1. The number of alkyl halides is 2. The van der Waals surface area contributed by atoms with Crippen LogP contribution < -0.4 is 5.32 Å². The zero-order valence-corrected chi connectivity index (χ0v) is 21.4. The maximum Gasteiger partial charge on any atom is 0.289 e. The molecular weight excluding hydrogens is 462 g/mol. The van der Waals surface area contributed by atoms with Crippen LogP contribution in [0.2, 0.25) is 0 Å². The Hall–Kier alpha value is -3.62. The van der Waals surface area contributed by atoms with Crippen molar-refractivity contribution in [1.29, 1.82) is 0 Å². The van der Waals surface area contributed by atoms with Crippen LogP contribution in [0.15, 0.2) is 54.0 Å². The number of aldehydes is 1. The van der Waals surface area contributed by atoms with E-state index >= 15 is 0 Å². The summed E-state index contributed by atoms with van der Waals surface area (Å²) in [6.07, 6.45) is 8.60. The third kappa shape index (κ3) is 6.74. The van der Waals surface area contributed by atoms with Crippen molar-refractivity contribution in [1.82, 2.24) is 19.9 Å². The van der Waals surface area contributed by atoms with E-state index in [4.69, 9.17) is 0 Å². The molecule has 0 bridgehead atoms. The zero-order valence-electron chi connectivity index (χ0n) is 21.4. The molecule has 1 fully saturated rings. The van der Waals surface area contributed by atoms with Gasteiger partial charge < -0.3 is 15.2 Å². The van der Waals surface area contributed by atoms with Crippen LogP contribution in [0.4, 0.5) is 14.5 Å². The number of nitrogens with one attached hydrogen (secondary N) is 1. The molecule has 0 saturated carbocycles. The Kier molecular flexibility index (Phi) is 8.90. The molecule has 2 aromatic heterocycles. The third-order valence-corrected chi connectivity index (χ3v) is 6.02. The molecule has 1 aliphatic heterocycles. The Labute approximate surface area is 211 Å². The number of likely N-dealkylation sites (tertiary alicyclic amines) is 1. The molecule has 3 rings (SSSR count). The lowest BCUT2D eigenvalue weighted by molar-refractivity contribution is -0.106. The standard InChI is InChI=1S/C27H34F2N6O/c1-6-27(28,29)26-14-21(10-11-30-26)19(2)32-22-15-24(20(3)31-17-22)25(33-34(4)5)16-23(18-36)35-12-8-7-9-13-35/h10-11,14-18,32H,2,6-9,12-13H2,1,3-5H3/b23-16+,33-25+. The van der Waals surface area contributed by atoms with Crippen LogP contribution in [0.25, 0.3) is 5.70 Å². The number of aryl methyl sites for hydroxylation is 1. The molecule has 0 atom stereocenters. The number of hydrogen-bond acceptors (Lipinski definition) is 7. The van der Waals surface area contributed by atoms with Gasteiger partial charge in [-0.25, -0.2) is 0 Å². The lowest BCUT2D eigenvalue weighted by Crippen LogP contribution is -2.30. The molecule has 3 heterocycles. The maximum atomic E-state index is 14.1. The first-order valence-corrected chi connectivity index (χ1v) is 12.1. The Balaban J connectivity index is 1.92. The number of aromatic nitrogens is 2. The highest BCUT2D eigenvalue weighted by Gasteiger charge is 2.30. The van der Waals surface area contributed by atoms with Crippen molar-refractivity contribution in [2.45, 2.75) is 45.5 Å². The monoisotopic (exact) mass is 496 g/mol. The number of pyridine rings is 2. The molecule has 1 N–H and O–H groups in total. The van der Waals surface area contributed by atoms with Gasteiger partial charge in [0, 0.05) is 62.3 Å². The summed E-state index contributed by atoms with van der Waals surface area (Å²) in [6, 6.07) is 4.84. The maximum absolute atomic E-state index is 14.1. The fourth-order valence-electron chi connectivity index (χ4n) is 3.97. The smallest absolute Gasteiger partial charge is 0.289 e. The van der Waals surface area contributed by atoms with E-state index < -0.39 is 5.92 Å². The average molecular weight is 497 g/mol. The molecule has 0 radical (unpaired) electrons. The Morgan fingerprint density at radius 2 is 1.97 bits per heavy atom. The molecule has 9 heteroatoms. The fraction of sp³-hybridized carbons (Fsp3) is 0.407. The van der Waals surface area contributed by atoms with Crippen LogP contribution in [-0.2, 0) is 10.7 Å². The van der Waals surface area contributed by atoms with Crippen molar-refractivity contribution in [2.75, 3.05) is 32.5 Å². The molecule has 1 aliphatic rings. The molecular formula is C27H34F2N6O. The van der Waals surface area contributed by atoms with Gasteiger partial charge in [0.2, 0.25) is 0 Å². The third-order valence-electron chi connectivity index (χ3n) is 6.02. The summed E-state index contributed by atoms with van der Waals surface area (Å²) in [5.74, 6) is -3.01. The minimum Gasteiger partial charge on any atom is -0.369 e. The Bertz CT molecular complexity index is 1150. The van der Waals surface area contributed by atoms with E-state index in [0.717, 1.165) is 49.9 Å². The van der Waals surface area contributed by atoms with Gasteiger partial charge in [0.05, 0.1) is 23.3 Å². The fourth-order valence-corrected chi connectivity index (χ4v) is 3.97. The topological polar surface area (TPSA) is 73.7 Å². The lowest BCUT2D eigenvalue weighted by Gasteiger charge is -2.28. The van der Waals surface area contributed by atoms with Crippen LogP contribution in [-0.4, -0.2) is 59.1 Å². The predicted molar refractivity (Wildman–Crippen MR) is 140 cm³/mol. The molecule has 0 aromatic carbocycles. The summed E-state index contributed by atoms with van der Waals surface area (Å²) in [5, 5.41) is 9.46. The number of anilines is 1. The van der Waals surface area contributed by atoms with Crippen molar-refractivity contribution >= 4 is 23.4 Å². The van der Waals surface area contributed by atoms with E-state index in [1.807, 2.05) is 27.1 Å². The quantitative estimate of drug-likeness (QED) is 0.211. The Morgan fingerprint density at radius 3 is 2.61 bits per heavy atom. The molecule has 0 unspecified atom stereocenters. The van der Waals surface area contributed by atoms with E-state index in [2.05, 4.69) is 31.9 Å². The second-order valence-electron chi connectivity index (χ2n) is 9.02. The number of carbonyl (C=O) groups is 1. The van der Waals surface area contributed by atoms with Crippen LogP contribution in [0.1, 0.15) is 55.1 Å². The van der Waals surface area contributed by atoms with Gasteiger partial charge in [-0.15, -0.1) is 0 Å². The number of rotatable bonds is 10. The SMILES string of the molecule is C=C(Nc1cnc(C)c(C(/C=C(\C=O)N2CCCCC2)=N/N(C)C)c1)c1ccnc(C(F)(F)CC)c1. The number of allylic oxidation sites excluding steroid dienone is 2. The van der Waals surface area contributed by atoms with Crippen molar-refractivity contribution < 1.29 is 13.6 Å². The molecule has 1 saturated heterocycles. The van der Waals surface area contributed by atoms with Crippen LogP contribution in [0.3, 0.4) is 0 Å². The minimum atomic E-state index is -3.01. The summed E-state index contributed by atoms with van der Waals surface area (Å²) in [5.41, 5.74) is 3.92. The van der Waals surface area contributed by atoms with Crippen LogP contribution in [0.5, 0.6) is 0 Å². The van der Waals surface area contributed by atoms with Gasteiger partial charge in [-0.3, -0.25) is 14.8 Å². The van der Waals surface area contributed by atoms with Crippen molar-refractivity contribution in [3.05, 3.63) is 71.5 Å². The summed E-state index contributed by atoms with van der Waals surface area (Å²) in [6.45, 7) is 8.99. The normalized spacial score (nSPS) is 15.0. The number of hydrazone groups is 1. The first-order chi connectivity index (χ1) is 17.1. The highest BCUT2D eigenvalue weighted by molar-refractivity contribution is 6.11. The summed E-state index contributed by atoms with van der Waals surface area (Å²) in [4.78, 5) is 22.4. The van der Waals surface area contributed by atoms with Gasteiger partial charge in [-0.05, 0) is 50.5 Å². The second-order valence-corrected chi connectivity index (χ2v) is 9.02. The van der Waals surface area contributed by atoms with Gasteiger partial charge in [0.15, 0.2) is 6.29 Å². The number of halogens is 2. The largest absolute Gasteiger partial charge is 0.369 e. The molecule has 192 valence electrons. The molecule has 36 heavy (non-hydrogen) atoms. The van der Waals surface area contributed by atoms with E-state index in [1.165, 1.54) is 19.2 Å². The van der Waals surface area contributed by atoms with Gasteiger partial charge in [0.1, 0.15) is 5.69 Å². The van der Waals surface area contributed by atoms with E-state index in [1.54, 1.807) is 23.3 Å². The van der Waals surface area contributed by atoms with Crippen LogP contribution >= 0.6 is 0 Å². The summed E-state index contributed by atoms with van der Waals surface area (Å²) < 4.78 is 28.3. The van der Waals surface area contributed by atoms with Gasteiger partial charge in [-0.1, -0.05) is 13.5 Å². The lowest BCUT2D eigenvalue weighted by atomic mass is 10.0. The molecule has 0 amide bonds. The molecule has 0 spiro atoms. The first kappa shape index (κ1) is 27.0. The number of nitrogens with zero attached hydrogens (tertiary/aromatic N) is 5. The predicted octanol–water partition coefficient (Wildman–Crippen LogP) is 5.20. The number of piperidine rings is 1. The van der Waals surface area contributed by atoms with E-state index in [-0.39, 0.29) is 12.1 Å². The van der Waals surface area contributed by atoms with Gasteiger partial charge >= 0.3 is 0 Å². The minimum absolute atomic E-state index is 0.294.